The molecule has 0 bridgehead atoms. The van der Waals surface area contributed by atoms with E-state index < -0.39 is 0 Å². The van der Waals surface area contributed by atoms with E-state index in [1.807, 2.05) is 44.2 Å². The summed E-state index contributed by atoms with van der Waals surface area (Å²) in [6.07, 6.45) is 1.52. The quantitative estimate of drug-likeness (QED) is 0.232. The van der Waals surface area contributed by atoms with Crippen LogP contribution in [0.1, 0.15) is 46.1 Å². The van der Waals surface area contributed by atoms with E-state index in [1.54, 1.807) is 0 Å². The monoisotopic (exact) mass is 504 g/mol. The maximum absolute atomic E-state index is 12.0. The predicted molar refractivity (Wildman–Crippen MR) is 127 cm³/mol. The normalized spacial score (nSPS) is 12.2. The molecular formula is C21H37IN4O2. The molecule has 1 atom stereocenters. The number of nitrogens with zero attached hydrogens (tertiary/aromatic N) is 1. The fourth-order valence-corrected chi connectivity index (χ4v) is 2.65. The smallest absolute Gasteiger partial charge is 0.222 e. The maximum Gasteiger partial charge on any atom is 0.222 e. The second kappa shape index (κ2) is 16.6. The molecule has 7 heteroatoms. The third kappa shape index (κ3) is 12.2. The predicted octanol–water partition coefficient (Wildman–Crippen LogP) is 3.32. The molecular weight excluding hydrogens is 467 g/mol. The van der Waals surface area contributed by atoms with E-state index in [9.17, 15) is 4.79 Å². The average molecular weight is 504 g/mol. The van der Waals surface area contributed by atoms with Crippen LogP contribution in [0, 0.1) is 5.92 Å². The highest BCUT2D eigenvalue weighted by Gasteiger charge is 2.12. The SMILES string of the molecule is CCNC(=NCCC(OCC)C(C)C)NCCC(=O)NCc1ccccc1.I. The average Bonchev–Trinajstić information content (AvgIpc) is 2.66. The van der Waals surface area contributed by atoms with E-state index in [1.165, 1.54) is 0 Å². The Labute approximate surface area is 187 Å². The van der Waals surface area contributed by atoms with Crippen LogP contribution in [0.15, 0.2) is 35.3 Å². The number of amides is 1. The number of halogens is 1. The molecule has 1 rings (SSSR count). The first kappa shape index (κ1) is 26.6. The summed E-state index contributed by atoms with van der Waals surface area (Å²) in [6, 6.07) is 9.91. The molecule has 0 aliphatic rings. The second-order valence-corrected chi connectivity index (χ2v) is 6.73. The molecule has 0 aliphatic carbocycles. The minimum absolute atomic E-state index is 0. The molecule has 1 amide bonds. The number of carbonyl (C=O) groups excluding carboxylic acids is 1. The second-order valence-electron chi connectivity index (χ2n) is 6.73. The molecule has 0 heterocycles. The number of nitrogens with one attached hydrogen (secondary N) is 3. The van der Waals surface area contributed by atoms with Gasteiger partial charge in [-0.2, -0.15) is 0 Å². The number of aliphatic imine (C=N–C) groups is 1. The van der Waals surface area contributed by atoms with Gasteiger partial charge in [-0.3, -0.25) is 9.79 Å². The van der Waals surface area contributed by atoms with Crippen molar-refractivity contribution >= 4 is 35.8 Å². The van der Waals surface area contributed by atoms with Crippen molar-refractivity contribution in [3.8, 4) is 0 Å². The Hall–Kier alpha value is -1.35. The molecule has 28 heavy (non-hydrogen) atoms. The van der Waals surface area contributed by atoms with Gasteiger partial charge < -0.3 is 20.7 Å². The lowest BCUT2D eigenvalue weighted by Crippen LogP contribution is -2.39. The van der Waals surface area contributed by atoms with Gasteiger partial charge in [-0.25, -0.2) is 0 Å². The molecule has 160 valence electrons. The first-order valence-electron chi connectivity index (χ1n) is 10.0. The van der Waals surface area contributed by atoms with E-state index in [0.717, 1.165) is 31.1 Å². The van der Waals surface area contributed by atoms with Crippen LogP contribution >= 0.6 is 24.0 Å². The van der Waals surface area contributed by atoms with Crippen molar-refractivity contribution in [3.05, 3.63) is 35.9 Å². The van der Waals surface area contributed by atoms with Gasteiger partial charge in [0.2, 0.25) is 5.91 Å². The lowest BCUT2D eigenvalue weighted by molar-refractivity contribution is -0.121. The van der Waals surface area contributed by atoms with E-state index in [0.29, 0.717) is 32.0 Å². The van der Waals surface area contributed by atoms with Gasteiger partial charge in [0.25, 0.3) is 0 Å². The Bertz CT molecular complexity index is 553. The maximum atomic E-state index is 12.0. The first-order valence-corrected chi connectivity index (χ1v) is 10.0. The number of carbonyl (C=O) groups is 1. The largest absolute Gasteiger partial charge is 0.378 e. The molecule has 1 aromatic rings. The number of ether oxygens (including phenoxy) is 1. The van der Waals surface area contributed by atoms with E-state index in [4.69, 9.17) is 4.74 Å². The van der Waals surface area contributed by atoms with E-state index in [-0.39, 0.29) is 36.0 Å². The lowest BCUT2D eigenvalue weighted by atomic mass is 10.0. The summed E-state index contributed by atoms with van der Waals surface area (Å²) in [5.41, 5.74) is 1.10. The number of guanidine groups is 1. The minimum Gasteiger partial charge on any atom is -0.378 e. The first-order chi connectivity index (χ1) is 13.1. The van der Waals surface area contributed by atoms with Crippen LogP contribution in [0.3, 0.4) is 0 Å². The van der Waals surface area contributed by atoms with Crippen molar-refractivity contribution in [1.29, 1.82) is 0 Å². The van der Waals surface area contributed by atoms with Crippen molar-refractivity contribution in [2.45, 2.75) is 53.2 Å². The lowest BCUT2D eigenvalue weighted by Gasteiger charge is -2.20. The van der Waals surface area contributed by atoms with Crippen molar-refractivity contribution in [2.75, 3.05) is 26.2 Å². The van der Waals surface area contributed by atoms with Gasteiger partial charge in [0.05, 0.1) is 6.10 Å². The molecule has 0 radical (unpaired) electrons. The molecule has 0 aliphatic heterocycles. The van der Waals surface area contributed by atoms with Crippen molar-refractivity contribution < 1.29 is 9.53 Å². The Morgan fingerprint density at radius 1 is 1.11 bits per heavy atom. The molecule has 0 aromatic heterocycles. The Kier molecular flexibility index (Phi) is 15.8. The zero-order chi connectivity index (χ0) is 19.9. The third-order valence-corrected chi connectivity index (χ3v) is 4.13. The zero-order valence-electron chi connectivity index (χ0n) is 17.7. The summed E-state index contributed by atoms with van der Waals surface area (Å²) < 4.78 is 5.76. The highest BCUT2D eigenvalue weighted by molar-refractivity contribution is 14.0. The van der Waals surface area contributed by atoms with E-state index in [2.05, 4.69) is 34.8 Å². The summed E-state index contributed by atoms with van der Waals surface area (Å²) in [7, 11) is 0. The van der Waals surface area contributed by atoms with Crippen molar-refractivity contribution in [2.24, 2.45) is 10.9 Å². The van der Waals surface area contributed by atoms with Crippen LogP contribution in [-0.2, 0) is 16.1 Å². The van der Waals surface area contributed by atoms with Gasteiger partial charge in [0.1, 0.15) is 0 Å². The van der Waals surface area contributed by atoms with E-state index >= 15 is 0 Å². The minimum atomic E-state index is 0. The topological polar surface area (TPSA) is 74.8 Å². The number of hydrogen-bond acceptors (Lipinski definition) is 3. The molecule has 1 unspecified atom stereocenters. The Morgan fingerprint density at radius 2 is 1.82 bits per heavy atom. The molecule has 3 N–H and O–H groups in total. The van der Waals surface area contributed by atoms with Gasteiger partial charge in [-0.15, -0.1) is 24.0 Å². The van der Waals surface area contributed by atoms with Gasteiger partial charge in [0.15, 0.2) is 5.96 Å². The number of hydrogen-bond donors (Lipinski definition) is 3. The summed E-state index contributed by atoms with van der Waals surface area (Å²) >= 11 is 0. The van der Waals surface area contributed by atoms with Crippen molar-refractivity contribution in [1.82, 2.24) is 16.0 Å². The molecule has 0 spiro atoms. The molecule has 6 nitrogen and oxygen atoms in total. The Balaban J connectivity index is 0.00000729. The number of benzene rings is 1. The standard InChI is InChI=1S/C21H36N4O2.HI/c1-5-22-21(23-14-12-19(17(3)4)27-6-2)24-15-13-20(26)25-16-18-10-8-7-9-11-18;/h7-11,17,19H,5-6,12-16H2,1-4H3,(H,25,26)(H2,22,23,24);1H. The van der Waals surface area contributed by atoms with Crippen LogP contribution < -0.4 is 16.0 Å². The highest BCUT2D eigenvalue weighted by atomic mass is 127. The van der Waals surface area contributed by atoms with Crippen molar-refractivity contribution in [3.63, 3.8) is 0 Å². The molecule has 0 saturated carbocycles. The fraction of sp³-hybridized carbons (Fsp3) is 0.619. The van der Waals surface area contributed by atoms with Crippen LogP contribution in [0.25, 0.3) is 0 Å². The third-order valence-electron chi connectivity index (χ3n) is 4.13. The molecule has 0 fully saturated rings. The van der Waals surface area contributed by atoms with Gasteiger partial charge >= 0.3 is 0 Å². The Morgan fingerprint density at radius 3 is 2.43 bits per heavy atom. The molecule has 0 saturated heterocycles. The summed E-state index contributed by atoms with van der Waals surface area (Å²) in [6.45, 7) is 11.7. The fourth-order valence-electron chi connectivity index (χ4n) is 2.65. The van der Waals surface area contributed by atoms with Crippen LogP contribution in [0.5, 0.6) is 0 Å². The van der Waals surface area contributed by atoms with Crippen LogP contribution in [0.4, 0.5) is 0 Å². The summed E-state index contributed by atoms with van der Waals surface area (Å²) in [4.78, 5) is 16.6. The van der Waals surface area contributed by atoms with Gasteiger partial charge in [0, 0.05) is 39.2 Å². The van der Waals surface area contributed by atoms with Crippen LogP contribution in [-0.4, -0.2) is 44.2 Å². The zero-order valence-corrected chi connectivity index (χ0v) is 20.0. The van der Waals surface area contributed by atoms with Gasteiger partial charge in [-0.1, -0.05) is 44.2 Å². The summed E-state index contributed by atoms with van der Waals surface area (Å²) in [5.74, 6) is 1.25. The highest BCUT2D eigenvalue weighted by Crippen LogP contribution is 2.10. The van der Waals surface area contributed by atoms with Gasteiger partial charge in [-0.05, 0) is 31.7 Å². The summed E-state index contributed by atoms with van der Waals surface area (Å²) in [5, 5.41) is 9.37. The number of rotatable bonds is 12. The van der Waals surface area contributed by atoms with Crippen LogP contribution in [0.2, 0.25) is 0 Å². The molecule has 1 aromatic carbocycles.